The van der Waals surface area contributed by atoms with E-state index in [0.717, 1.165) is 25.8 Å². The van der Waals surface area contributed by atoms with Gasteiger partial charge in [-0.15, -0.1) is 0 Å². The first-order chi connectivity index (χ1) is 10.3. The summed E-state index contributed by atoms with van der Waals surface area (Å²) in [5, 5.41) is 1.35. The predicted octanol–water partition coefficient (Wildman–Crippen LogP) is 3.73. The standard InChI is InChI=1S/C18H22N2O/c1-2-3-10-18-11-8-16(21)20(18)12-9-14-13-6-4-5-7-15(13)19-17(14)18/h4-7,19H,2-3,8-12H2,1H3. The van der Waals surface area contributed by atoms with E-state index in [9.17, 15) is 4.79 Å². The van der Waals surface area contributed by atoms with E-state index in [1.807, 2.05) is 0 Å². The highest BCUT2D eigenvalue weighted by Gasteiger charge is 2.50. The highest BCUT2D eigenvalue weighted by Crippen LogP contribution is 2.48. The lowest BCUT2D eigenvalue weighted by atomic mass is 9.81. The van der Waals surface area contributed by atoms with Gasteiger partial charge in [-0.05, 0) is 30.9 Å². The molecule has 110 valence electrons. The van der Waals surface area contributed by atoms with Gasteiger partial charge in [-0.1, -0.05) is 38.0 Å². The quantitative estimate of drug-likeness (QED) is 0.915. The Bertz CT molecular complexity index is 702. The Morgan fingerprint density at radius 1 is 1.29 bits per heavy atom. The third kappa shape index (κ3) is 1.69. The Labute approximate surface area is 125 Å². The van der Waals surface area contributed by atoms with Gasteiger partial charge in [-0.3, -0.25) is 4.79 Å². The number of nitrogens with zero attached hydrogens (tertiary/aromatic N) is 1. The lowest BCUT2D eigenvalue weighted by molar-refractivity contribution is -0.132. The van der Waals surface area contributed by atoms with Crippen LogP contribution in [-0.4, -0.2) is 22.3 Å². The van der Waals surface area contributed by atoms with Crippen molar-refractivity contribution in [1.82, 2.24) is 9.88 Å². The summed E-state index contributed by atoms with van der Waals surface area (Å²) in [6, 6.07) is 8.56. The fourth-order valence-corrected chi connectivity index (χ4v) is 4.36. The van der Waals surface area contributed by atoms with Crippen LogP contribution in [0.2, 0.25) is 0 Å². The molecule has 3 heteroatoms. The highest BCUT2D eigenvalue weighted by molar-refractivity contribution is 5.87. The molecule has 1 saturated heterocycles. The normalized spacial score (nSPS) is 24.4. The Hall–Kier alpha value is -1.77. The van der Waals surface area contributed by atoms with Gasteiger partial charge in [0.05, 0.1) is 5.54 Å². The number of nitrogens with one attached hydrogen (secondary N) is 1. The van der Waals surface area contributed by atoms with Crippen molar-refractivity contribution in [1.29, 1.82) is 0 Å². The van der Waals surface area contributed by atoms with Gasteiger partial charge >= 0.3 is 0 Å². The van der Waals surface area contributed by atoms with Crippen LogP contribution in [0.1, 0.15) is 50.3 Å². The van der Waals surface area contributed by atoms with Crippen LogP contribution in [0.3, 0.4) is 0 Å². The number of aromatic amines is 1. The molecule has 1 aromatic heterocycles. The number of unbranched alkanes of at least 4 members (excludes halogenated alkanes) is 1. The van der Waals surface area contributed by atoms with E-state index in [2.05, 4.69) is 41.1 Å². The first-order valence-corrected chi connectivity index (χ1v) is 8.17. The molecule has 2 aliphatic rings. The third-order valence-corrected chi connectivity index (χ3v) is 5.38. The number of amides is 1. The van der Waals surface area contributed by atoms with Crippen molar-refractivity contribution < 1.29 is 4.79 Å². The molecule has 21 heavy (non-hydrogen) atoms. The Morgan fingerprint density at radius 2 is 2.14 bits per heavy atom. The first-order valence-electron chi connectivity index (χ1n) is 8.17. The summed E-state index contributed by atoms with van der Waals surface area (Å²) in [5.41, 5.74) is 3.95. The number of rotatable bonds is 3. The van der Waals surface area contributed by atoms with Crippen molar-refractivity contribution in [2.45, 2.75) is 51.0 Å². The zero-order valence-corrected chi connectivity index (χ0v) is 12.6. The van der Waals surface area contributed by atoms with Gasteiger partial charge in [0.2, 0.25) is 5.91 Å². The Kier molecular flexibility index (Phi) is 2.84. The second-order valence-corrected chi connectivity index (χ2v) is 6.45. The van der Waals surface area contributed by atoms with E-state index in [4.69, 9.17) is 0 Å². The van der Waals surface area contributed by atoms with Crippen LogP contribution >= 0.6 is 0 Å². The van der Waals surface area contributed by atoms with Crippen LogP contribution in [0.5, 0.6) is 0 Å². The van der Waals surface area contributed by atoms with Gasteiger partial charge in [0.25, 0.3) is 0 Å². The SMILES string of the molecule is CCCCC12CCC(=O)N1CCc1c2[nH]c2ccccc12. The molecule has 0 spiro atoms. The molecule has 2 aliphatic heterocycles. The molecular weight excluding hydrogens is 260 g/mol. The summed E-state index contributed by atoms with van der Waals surface area (Å²) in [4.78, 5) is 18.1. The molecule has 2 aromatic rings. The van der Waals surface area contributed by atoms with Gasteiger partial charge in [0.1, 0.15) is 0 Å². The van der Waals surface area contributed by atoms with Crippen molar-refractivity contribution in [3.8, 4) is 0 Å². The number of H-pyrrole nitrogens is 1. The molecule has 1 fully saturated rings. The summed E-state index contributed by atoms with van der Waals surface area (Å²) >= 11 is 0. The molecule has 1 N–H and O–H groups in total. The van der Waals surface area contributed by atoms with Crippen molar-refractivity contribution >= 4 is 16.8 Å². The van der Waals surface area contributed by atoms with Crippen molar-refractivity contribution in [3.05, 3.63) is 35.5 Å². The minimum absolute atomic E-state index is 0.0559. The summed E-state index contributed by atoms with van der Waals surface area (Å²) < 4.78 is 0. The number of para-hydroxylation sites is 1. The van der Waals surface area contributed by atoms with E-state index in [1.54, 1.807) is 0 Å². The average molecular weight is 282 g/mol. The van der Waals surface area contributed by atoms with Gasteiger partial charge < -0.3 is 9.88 Å². The van der Waals surface area contributed by atoms with Crippen LogP contribution < -0.4 is 0 Å². The molecule has 0 radical (unpaired) electrons. The van der Waals surface area contributed by atoms with Crippen LogP contribution in [0.25, 0.3) is 10.9 Å². The van der Waals surface area contributed by atoms with E-state index < -0.39 is 0 Å². The number of aromatic nitrogens is 1. The minimum Gasteiger partial charge on any atom is -0.356 e. The number of benzene rings is 1. The molecular formula is C18H22N2O. The average Bonchev–Trinajstić information content (AvgIpc) is 3.05. The predicted molar refractivity (Wildman–Crippen MR) is 84.2 cm³/mol. The van der Waals surface area contributed by atoms with Crippen LogP contribution in [0, 0.1) is 0 Å². The second-order valence-electron chi connectivity index (χ2n) is 6.45. The maximum atomic E-state index is 12.3. The van der Waals surface area contributed by atoms with E-state index in [1.165, 1.54) is 35.0 Å². The molecule has 3 heterocycles. The number of fused-ring (bicyclic) bond motifs is 5. The van der Waals surface area contributed by atoms with Crippen LogP contribution in [0.15, 0.2) is 24.3 Å². The monoisotopic (exact) mass is 282 g/mol. The zero-order valence-electron chi connectivity index (χ0n) is 12.6. The number of carbonyl (C=O) groups excluding carboxylic acids is 1. The van der Waals surface area contributed by atoms with Crippen molar-refractivity contribution in [2.24, 2.45) is 0 Å². The van der Waals surface area contributed by atoms with Gasteiger partial charge in [-0.2, -0.15) is 0 Å². The Balaban J connectivity index is 1.91. The summed E-state index contributed by atoms with van der Waals surface area (Å²) in [6.45, 7) is 3.12. The Morgan fingerprint density at radius 3 is 3.00 bits per heavy atom. The fraction of sp³-hybridized carbons (Fsp3) is 0.500. The molecule has 0 saturated carbocycles. The lowest BCUT2D eigenvalue weighted by Gasteiger charge is -2.42. The third-order valence-electron chi connectivity index (χ3n) is 5.38. The largest absolute Gasteiger partial charge is 0.356 e. The van der Waals surface area contributed by atoms with Gasteiger partial charge in [0, 0.05) is 29.6 Å². The van der Waals surface area contributed by atoms with Crippen molar-refractivity contribution in [2.75, 3.05) is 6.54 Å². The lowest BCUT2D eigenvalue weighted by Crippen LogP contribution is -2.48. The van der Waals surface area contributed by atoms with Gasteiger partial charge in [0.15, 0.2) is 0 Å². The maximum Gasteiger partial charge on any atom is 0.223 e. The summed E-state index contributed by atoms with van der Waals surface area (Å²) in [6.07, 6.45) is 6.12. The zero-order chi connectivity index (χ0) is 14.4. The van der Waals surface area contributed by atoms with Gasteiger partial charge in [-0.25, -0.2) is 0 Å². The molecule has 3 nitrogen and oxygen atoms in total. The number of hydrogen-bond donors (Lipinski definition) is 1. The number of hydrogen-bond acceptors (Lipinski definition) is 1. The summed E-state index contributed by atoms with van der Waals surface area (Å²) in [7, 11) is 0. The molecule has 0 bridgehead atoms. The fourth-order valence-electron chi connectivity index (χ4n) is 4.36. The molecule has 1 unspecified atom stereocenters. The van der Waals surface area contributed by atoms with E-state index in [-0.39, 0.29) is 5.54 Å². The molecule has 1 aromatic carbocycles. The van der Waals surface area contributed by atoms with E-state index in [0.29, 0.717) is 12.3 Å². The molecule has 1 atom stereocenters. The second kappa shape index (κ2) is 4.62. The maximum absolute atomic E-state index is 12.3. The molecule has 0 aliphatic carbocycles. The topological polar surface area (TPSA) is 36.1 Å². The minimum atomic E-state index is -0.0559. The van der Waals surface area contributed by atoms with Crippen molar-refractivity contribution in [3.63, 3.8) is 0 Å². The van der Waals surface area contributed by atoms with Crippen LogP contribution in [-0.2, 0) is 16.8 Å². The first kappa shape index (κ1) is 12.9. The van der Waals surface area contributed by atoms with E-state index >= 15 is 0 Å². The summed E-state index contributed by atoms with van der Waals surface area (Å²) in [5.74, 6) is 0.343. The molecule has 4 rings (SSSR count). The highest BCUT2D eigenvalue weighted by atomic mass is 16.2. The van der Waals surface area contributed by atoms with Crippen LogP contribution in [0.4, 0.5) is 0 Å². The molecule has 1 amide bonds. The smallest absolute Gasteiger partial charge is 0.223 e. The number of carbonyl (C=O) groups is 1.